The standard InChI is InChI=1S/C15H19N3/c1-11-6-8-12(9-7-11)17-14-4-3-5-15-13(14)10-16-18(15)2/h6-10,14,17H,3-5H2,1-2H3. The minimum atomic E-state index is 0.408. The lowest BCUT2D eigenvalue weighted by atomic mass is 9.93. The molecule has 0 saturated heterocycles. The van der Waals surface area contributed by atoms with Gasteiger partial charge in [-0.1, -0.05) is 17.7 Å². The Kier molecular flexibility index (Phi) is 2.82. The Hall–Kier alpha value is -1.77. The number of aryl methyl sites for hydroxylation is 2. The summed E-state index contributed by atoms with van der Waals surface area (Å²) in [5.41, 5.74) is 5.24. The SMILES string of the molecule is Cc1ccc(NC2CCCc3c2cnn3C)cc1. The van der Waals surface area contributed by atoms with Gasteiger partial charge in [0.2, 0.25) is 0 Å². The first-order valence-electron chi connectivity index (χ1n) is 6.58. The van der Waals surface area contributed by atoms with Crippen LogP contribution in [0.1, 0.15) is 35.7 Å². The first-order valence-corrected chi connectivity index (χ1v) is 6.58. The third-order valence-corrected chi connectivity index (χ3v) is 3.77. The number of nitrogens with one attached hydrogen (secondary N) is 1. The molecule has 2 aromatic rings. The zero-order valence-corrected chi connectivity index (χ0v) is 11.0. The minimum absolute atomic E-state index is 0.408. The number of rotatable bonds is 2. The minimum Gasteiger partial charge on any atom is -0.378 e. The monoisotopic (exact) mass is 241 g/mol. The number of nitrogens with zero attached hydrogens (tertiary/aromatic N) is 2. The summed E-state index contributed by atoms with van der Waals surface area (Å²) in [4.78, 5) is 0. The molecule has 94 valence electrons. The summed E-state index contributed by atoms with van der Waals surface area (Å²) in [5.74, 6) is 0. The molecule has 0 aliphatic heterocycles. The third kappa shape index (κ3) is 2.01. The Balaban J connectivity index is 1.84. The molecule has 1 atom stereocenters. The Labute approximate surface area is 108 Å². The Bertz CT molecular complexity index is 539. The number of hydrogen-bond acceptors (Lipinski definition) is 2. The van der Waals surface area contributed by atoms with Gasteiger partial charge in [-0.15, -0.1) is 0 Å². The lowest BCUT2D eigenvalue weighted by Crippen LogP contribution is -2.17. The average molecular weight is 241 g/mol. The van der Waals surface area contributed by atoms with Crippen molar-refractivity contribution in [3.05, 3.63) is 47.3 Å². The third-order valence-electron chi connectivity index (χ3n) is 3.77. The second-order valence-electron chi connectivity index (χ2n) is 5.13. The Morgan fingerprint density at radius 2 is 2.06 bits per heavy atom. The molecule has 0 bridgehead atoms. The van der Waals surface area contributed by atoms with E-state index in [1.165, 1.54) is 35.3 Å². The van der Waals surface area contributed by atoms with E-state index in [2.05, 4.69) is 41.6 Å². The largest absolute Gasteiger partial charge is 0.378 e. The first kappa shape index (κ1) is 11.3. The van der Waals surface area contributed by atoms with Crippen LogP contribution in [0.3, 0.4) is 0 Å². The molecule has 0 radical (unpaired) electrons. The van der Waals surface area contributed by atoms with Gasteiger partial charge in [0.05, 0.1) is 12.2 Å². The Morgan fingerprint density at radius 3 is 2.83 bits per heavy atom. The zero-order chi connectivity index (χ0) is 12.5. The molecule has 0 spiro atoms. The number of fused-ring (bicyclic) bond motifs is 1. The second kappa shape index (κ2) is 4.48. The van der Waals surface area contributed by atoms with Crippen molar-refractivity contribution in [2.45, 2.75) is 32.2 Å². The molecular formula is C15H19N3. The van der Waals surface area contributed by atoms with Gasteiger partial charge in [-0.2, -0.15) is 5.10 Å². The van der Waals surface area contributed by atoms with Crippen molar-refractivity contribution < 1.29 is 0 Å². The molecule has 18 heavy (non-hydrogen) atoms. The molecule has 1 aliphatic carbocycles. The van der Waals surface area contributed by atoms with E-state index in [0.29, 0.717) is 6.04 Å². The van der Waals surface area contributed by atoms with E-state index >= 15 is 0 Å². The van der Waals surface area contributed by atoms with Crippen molar-refractivity contribution in [2.75, 3.05) is 5.32 Å². The maximum absolute atomic E-state index is 4.38. The molecule has 3 rings (SSSR count). The molecule has 1 aromatic carbocycles. The molecule has 1 N–H and O–H groups in total. The highest BCUT2D eigenvalue weighted by Crippen LogP contribution is 2.32. The van der Waals surface area contributed by atoms with Crippen molar-refractivity contribution in [3.8, 4) is 0 Å². The molecule has 1 heterocycles. The number of benzene rings is 1. The lowest BCUT2D eigenvalue weighted by molar-refractivity contribution is 0.571. The van der Waals surface area contributed by atoms with Crippen LogP contribution >= 0.6 is 0 Å². The highest BCUT2D eigenvalue weighted by atomic mass is 15.3. The van der Waals surface area contributed by atoms with Gasteiger partial charge in [-0.3, -0.25) is 4.68 Å². The van der Waals surface area contributed by atoms with Gasteiger partial charge < -0.3 is 5.32 Å². The van der Waals surface area contributed by atoms with Crippen LogP contribution in [0.2, 0.25) is 0 Å². The van der Waals surface area contributed by atoms with Gasteiger partial charge in [0.15, 0.2) is 0 Å². The topological polar surface area (TPSA) is 29.9 Å². The molecular weight excluding hydrogens is 222 g/mol. The van der Waals surface area contributed by atoms with Gasteiger partial charge in [0.25, 0.3) is 0 Å². The van der Waals surface area contributed by atoms with Crippen LogP contribution in [-0.2, 0) is 13.5 Å². The van der Waals surface area contributed by atoms with Gasteiger partial charge in [0, 0.05) is 24.0 Å². The van der Waals surface area contributed by atoms with Crippen LogP contribution in [-0.4, -0.2) is 9.78 Å². The van der Waals surface area contributed by atoms with Crippen LogP contribution in [0.5, 0.6) is 0 Å². The molecule has 1 unspecified atom stereocenters. The van der Waals surface area contributed by atoms with E-state index < -0.39 is 0 Å². The van der Waals surface area contributed by atoms with Gasteiger partial charge in [-0.05, 0) is 38.3 Å². The van der Waals surface area contributed by atoms with Crippen molar-refractivity contribution in [1.82, 2.24) is 9.78 Å². The highest BCUT2D eigenvalue weighted by Gasteiger charge is 2.22. The fourth-order valence-corrected chi connectivity index (χ4v) is 2.71. The fourth-order valence-electron chi connectivity index (χ4n) is 2.71. The van der Waals surface area contributed by atoms with E-state index in [4.69, 9.17) is 0 Å². The maximum atomic E-state index is 4.38. The molecule has 3 heteroatoms. The van der Waals surface area contributed by atoms with E-state index in [9.17, 15) is 0 Å². The van der Waals surface area contributed by atoms with Crippen LogP contribution in [0, 0.1) is 6.92 Å². The van der Waals surface area contributed by atoms with Crippen molar-refractivity contribution in [2.24, 2.45) is 7.05 Å². The van der Waals surface area contributed by atoms with Gasteiger partial charge >= 0.3 is 0 Å². The average Bonchev–Trinajstić information content (AvgIpc) is 2.76. The van der Waals surface area contributed by atoms with Crippen molar-refractivity contribution in [1.29, 1.82) is 0 Å². The number of anilines is 1. The highest BCUT2D eigenvalue weighted by molar-refractivity contribution is 5.47. The van der Waals surface area contributed by atoms with E-state index in [-0.39, 0.29) is 0 Å². The van der Waals surface area contributed by atoms with Crippen LogP contribution in [0.15, 0.2) is 30.5 Å². The Morgan fingerprint density at radius 1 is 1.28 bits per heavy atom. The van der Waals surface area contributed by atoms with Crippen LogP contribution in [0.4, 0.5) is 5.69 Å². The number of aromatic nitrogens is 2. The predicted molar refractivity (Wildman–Crippen MR) is 73.7 cm³/mol. The lowest BCUT2D eigenvalue weighted by Gasteiger charge is -2.24. The van der Waals surface area contributed by atoms with Crippen molar-refractivity contribution >= 4 is 5.69 Å². The predicted octanol–water partition coefficient (Wildman–Crippen LogP) is 3.22. The quantitative estimate of drug-likeness (QED) is 0.875. The smallest absolute Gasteiger partial charge is 0.0547 e. The van der Waals surface area contributed by atoms with E-state index in [1.54, 1.807) is 0 Å². The molecule has 1 aromatic heterocycles. The summed E-state index contributed by atoms with van der Waals surface area (Å²) in [6.45, 7) is 2.11. The summed E-state index contributed by atoms with van der Waals surface area (Å²) in [5, 5.41) is 8.01. The molecule has 1 aliphatic rings. The summed E-state index contributed by atoms with van der Waals surface area (Å²) in [6, 6.07) is 9.01. The van der Waals surface area contributed by atoms with E-state index in [1.807, 2.05) is 17.9 Å². The summed E-state index contributed by atoms with van der Waals surface area (Å²) in [7, 11) is 2.03. The molecule has 3 nitrogen and oxygen atoms in total. The fraction of sp³-hybridized carbons (Fsp3) is 0.400. The molecule has 0 amide bonds. The van der Waals surface area contributed by atoms with Crippen molar-refractivity contribution in [3.63, 3.8) is 0 Å². The molecule has 0 saturated carbocycles. The molecule has 0 fully saturated rings. The van der Waals surface area contributed by atoms with Crippen LogP contribution < -0.4 is 5.32 Å². The summed E-state index contributed by atoms with van der Waals surface area (Å²) < 4.78 is 2.01. The normalized spacial score (nSPS) is 18.4. The van der Waals surface area contributed by atoms with Crippen LogP contribution in [0.25, 0.3) is 0 Å². The summed E-state index contributed by atoms with van der Waals surface area (Å²) in [6.07, 6.45) is 5.58. The van der Waals surface area contributed by atoms with E-state index in [0.717, 1.165) is 6.42 Å². The zero-order valence-electron chi connectivity index (χ0n) is 11.0. The van der Waals surface area contributed by atoms with Gasteiger partial charge in [0.1, 0.15) is 0 Å². The second-order valence-corrected chi connectivity index (χ2v) is 5.13. The van der Waals surface area contributed by atoms with Gasteiger partial charge in [-0.25, -0.2) is 0 Å². The number of hydrogen-bond donors (Lipinski definition) is 1. The summed E-state index contributed by atoms with van der Waals surface area (Å²) >= 11 is 0. The first-order chi connectivity index (χ1) is 8.74. The maximum Gasteiger partial charge on any atom is 0.0547 e.